The molecule has 5 rings (SSSR count). The molecule has 1 aliphatic heterocycles. The lowest BCUT2D eigenvalue weighted by molar-refractivity contribution is 0.0733. The van der Waals surface area contributed by atoms with Gasteiger partial charge in [-0.2, -0.15) is 0 Å². The summed E-state index contributed by atoms with van der Waals surface area (Å²) in [7, 11) is 0. The first kappa shape index (κ1) is 22.0. The molecule has 0 amide bonds. The summed E-state index contributed by atoms with van der Waals surface area (Å²) in [6, 6.07) is 15.2. The van der Waals surface area contributed by atoms with Gasteiger partial charge in [-0.05, 0) is 60.0 Å². The zero-order valence-corrected chi connectivity index (χ0v) is 19.2. The molecule has 34 heavy (non-hydrogen) atoms. The number of hydrogen-bond acceptors (Lipinski definition) is 6. The van der Waals surface area contributed by atoms with E-state index in [4.69, 9.17) is 30.2 Å². The number of rotatable bonds is 4. The maximum Gasteiger partial charge on any atom is 0.343 e. The number of esters is 1. The van der Waals surface area contributed by atoms with Crippen LogP contribution in [0.25, 0.3) is 22.1 Å². The number of fused-ring (bicyclic) bond motifs is 2. The Morgan fingerprint density at radius 3 is 2.53 bits per heavy atom. The van der Waals surface area contributed by atoms with E-state index in [2.05, 4.69) is 0 Å². The van der Waals surface area contributed by atoms with Crippen molar-refractivity contribution in [3.05, 3.63) is 87.2 Å². The number of benzene rings is 3. The van der Waals surface area contributed by atoms with Crippen molar-refractivity contribution < 1.29 is 23.4 Å². The minimum absolute atomic E-state index is 0.180. The Balaban J connectivity index is 1.52. The first-order chi connectivity index (χ1) is 16.5. The summed E-state index contributed by atoms with van der Waals surface area (Å²) in [6.45, 7) is 3.07. The van der Waals surface area contributed by atoms with Crippen molar-refractivity contribution in [2.75, 3.05) is 13.2 Å². The molecule has 0 saturated carbocycles. The minimum Gasteiger partial charge on any atom is -0.490 e. The summed E-state index contributed by atoms with van der Waals surface area (Å²) in [5.41, 5.74) is 2.34. The van der Waals surface area contributed by atoms with E-state index in [0.29, 0.717) is 69.6 Å². The molecule has 4 aromatic rings. The van der Waals surface area contributed by atoms with E-state index in [-0.39, 0.29) is 5.43 Å². The molecule has 3 aromatic carbocycles. The smallest absolute Gasteiger partial charge is 0.343 e. The Morgan fingerprint density at radius 1 is 1.00 bits per heavy atom. The Kier molecular flexibility index (Phi) is 5.99. The predicted octanol–water partition coefficient (Wildman–Crippen LogP) is 6.06. The van der Waals surface area contributed by atoms with Gasteiger partial charge < -0.3 is 18.6 Å². The molecule has 0 N–H and O–H groups in total. The maximum atomic E-state index is 13.4. The van der Waals surface area contributed by atoms with Gasteiger partial charge in [0.15, 0.2) is 11.5 Å². The van der Waals surface area contributed by atoms with E-state index in [1.807, 2.05) is 13.0 Å². The van der Waals surface area contributed by atoms with E-state index >= 15 is 0 Å². The van der Waals surface area contributed by atoms with Gasteiger partial charge in [-0.1, -0.05) is 24.6 Å². The summed E-state index contributed by atoms with van der Waals surface area (Å²) in [6.07, 6.45) is 2.78. The van der Waals surface area contributed by atoms with Gasteiger partial charge in [-0.15, -0.1) is 0 Å². The molecule has 172 valence electrons. The topological polar surface area (TPSA) is 75.0 Å². The highest BCUT2D eigenvalue weighted by molar-refractivity contribution is 6.30. The molecule has 0 fully saturated rings. The van der Waals surface area contributed by atoms with Crippen molar-refractivity contribution in [1.82, 2.24) is 0 Å². The van der Waals surface area contributed by atoms with Gasteiger partial charge in [-0.3, -0.25) is 4.79 Å². The molecular weight excluding hydrogens is 456 g/mol. The fourth-order valence-corrected chi connectivity index (χ4v) is 3.97. The van der Waals surface area contributed by atoms with Crippen LogP contribution in [-0.2, 0) is 6.42 Å². The molecule has 0 saturated heterocycles. The summed E-state index contributed by atoms with van der Waals surface area (Å²) < 4.78 is 22.9. The lowest BCUT2D eigenvalue weighted by atomic mass is 10.0. The molecule has 0 radical (unpaired) electrons. The second-order valence-electron chi connectivity index (χ2n) is 7.90. The Labute approximate surface area is 200 Å². The number of hydrogen-bond donors (Lipinski definition) is 0. The average molecular weight is 477 g/mol. The number of ether oxygens (including phenoxy) is 3. The van der Waals surface area contributed by atoms with Crippen LogP contribution < -0.4 is 19.6 Å². The van der Waals surface area contributed by atoms with E-state index in [9.17, 15) is 9.59 Å². The molecule has 0 spiro atoms. The van der Waals surface area contributed by atoms with Crippen LogP contribution in [0.1, 0.15) is 29.3 Å². The molecule has 0 unspecified atom stereocenters. The van der Waals surface area contributed by atoms with Crippen LogP contribution in [0, 0.1) is 0 Å². The molecule has 0 bridgehead atoms. The number of aryl methyl sites for hydroxylation is 1. The standard InChI is InChI=1S/C27H21ClO6/c1-2-16-12-20-24(14-23(16)34-27(30)17-4-7-19(28)8-5-17)33-15-21(26(20)29)18-6-9-22-25(13-18)32-11-3-10-31-22/h4-9,12-15H,2-3,10-11H2,1H3. The van der Waals surface area contributed by atoms with Crippen LogP contribution in [0.4, 0.5) is 0 Å². The van der Waals surface area contributed by atoms with Crippen molar-refractivity contribution in [2.24, 2.45) is 0 Å². The third-order valence-corrected chi connectivity index (χ3v) is 5.93. The van der Waals surface area contributed by atoms with Gasteiger partial charge >= 0.3 is 5.97 Å². The number of halogens is 1. The van der Waals surface area contributed by atoms with Crippen LogP contribution in [0.15, 0.2) is 70.1 Å². The van der Waals surface area contributed by atoms with E-state index < -0.39 is 5.97 Å². The number of carbonyl (C=O) groups is 1. The van der Waals surface area contributed by atoms with Crippen LogP contribution in [-0.4, -0.2) is 19.2 Å². The van der Waals surface area contributed by atoms with Gasteiger partial charge in [0, 0.05) is 17.5 Å². The van der Waals surface area contributed by atoms with Gasteiger partial charge in [0.25, 0.3) is 0 Å². The van der Waals surface area contributed by atoms with Gasteiger partial charge in [0.1, 0.15) is 17.6 Å². The van der Waals surface area contributed by atoms with Crippen molar-refractivity contribution in [1.29, 1.82) is 0 Å². The minimum atomic E-state index is -0.517. The first-order valence-corrected chi connectivity index (χ1v) is 11.4. The predicted molar refractivity (Wildman–Crippen MR) is 129 cm³/mol. The zero-order chi connectivity index (χ0) is 23.7. The van der Waals surface area contributed by atoms with Crippen LogP contribution in [0.3, 0.4) is 0 Å². The molecule has 7 heteroatoms. The van der Waals surface area contributed by atoms with Crippen LogP contribution in [0.2, 0.25) is 5.02 Å². The fourth-order valence-electron chi connectivity index (χ4n) is 3.85. The van der Waals surface area contributed by atoms with E-state index in [1.165, 1.54) is 6.26 Å². The van der Waals surface area contributed by atoms with Crippen molar-refractivity contribution in [3.8, 4) is 28.4 Å². The highest BCUT2D eigenvalue weighted by Crippen LogP contribution is 2.34. The molecule has 0 atom stereocenters. The SMILES string of the molecule is CCc1cc2c(=O)c(-c3ccc4c(c3)OCCCO4)coc2cc1OC(=O)c1ccc(Cl)cc1. The van der Waals surface area contributed by atoms with Crippen LogP contribution >= 0.6 is 11.6 Å². The van der Waals surface area contributed by atoms with Crippen molar-refractivity contribution in [3.63, 3.8) is 0 Å². The second kappa shape index (κ2) is 9.23. The molecule has 2 heterocycles. The fraction of sp³-hybridized carbons (Fsp3) is 0.185. The third-order valence-electron chi connectivity index (χ3n) is 5.68. The average Bonchev–Trinajstić information content (AvgIpc) is 3.09. The summed E-state index contributed by atoms with van der Waals surface area (Å²) in [4.78, 5) is 26.0. The third kappa shape index (κ3) is 4.24. The molecule has 1 aliphatic rings. The molecule has 6 nitrogen and oxygen atoms in total. The Morgan fingerprint density at radius 2 is 1.76 bits per heavy atom. The summed E-state index contributed by atoms with van der Waals surface area (Å²) >= 11 is 5.90. The highest BCUT2D eigenvalue weighted by atomic mass is 35.5. The molecule has 0 aliphatic carbocycles. The van der Waals surface area contributed by atoms with Crippen molar-refractivity contribution in [2.45, 2.75) is 19.8 Å². The molecule has 1 aromatic heterocycles. The number of carbonyl (C=O) groups excluding carboxylic acids is 1. The summed E-state index contributed by atoms with van der Waals surface area (Å²) in [5.74, 6) is 1.10. The lowest BCUT2D eigenvalue weighted by Crippen LogP contribution is -2.11. The Bertz CT molecular complexity index is 1440. The largest absolute Gasteiger partial charge is 0.490 e. The monoisotopic (exact) mass is 476 g/mol. The van der Waals surface area contributed by atoms with Gasteiger partial charge in [-0.25, -0.2) is 4.79 Å². The lowest BCUT2D eigenvalue weighted by Gasteiger charge is -2.12. The van der Waals surface area contributed by atoms with Crippen LogP contribution in [0.5, 0.6) is 17.2 Å². The normalized spacial score (nSPS) is 12.9. The van der Waals surface area contributed by atoms with E-state index in [1.54, 1.807) is 48.5 Å². The van der Waals surface area contributed by atoms with Gasteiger partial charge in [0.2, 0.25) is 5.43 Å². The first-order valence-electron chi connectivity index (χ1n) is 11.0. The zero-order valence-electron chi connectivity index (χ0n) is 18.4. The van der Waals surface area contributed by atoms with E-state index in [0.717, 1.165) is 12.0 Å². The highest BCUT2D eigenvalue weighted by Gasteiger charge is 2.18. The van der Waals surface area contributed by atoms with Crippen molar-refractivity contribution >= 4 is 28.5 Å². The summed E-state index contributed by atoms with van der Waals surface area (Å²) in [5, 5.41) is 0.940. The second-order valence-corrected chi connectivity index (χ2v) is 8.33. The van der Waals surface area contributed by atoms with Gasteiger partial charge in [0.05, 0.1) is 29.7 Å². The molecular formula is C27H21ClO6. The maximum absolute atomic E-state index is 13.4. The quantitative estimate of drug-likeness (QED) is 0.263. The Hall–Kier alpha value is -3.77.